The van der Waals surface area contributed by atoms with Gasteiger partial charge in [0.05, 0.1) is 10.2 Å². The number of nitrogens with two attached hydrogens (primary N) is 1. The molecule has 3 rings (SSSR count). The largest absolute Gasteiger partial charge is 0.393 e. The van der Waals surface area contributed by atoms with Crippen LogP contribution in [-0.4, -0.2) is 20.5 Å². The van der Waals surface area contributed by atoms with Gasteiger partial charge in [-0.2, -0.15) is 0 Å². The molecule has 0 saturated heterocycles. The maximum absolute atomic E-state index is 6.17. The summed E-state index contributed by atoms with van der Waals surface area (Å²) < 4.78 is 1.12. The Labute approximate surface area is 144 Å². The fourth-order valence-corrected chi connectivity index (χ4v) is 2.99. The highest BCUT2D eigenvalue weighted by molar-refractivity contribution is 7.22. The van der Waals surface area contributed by atoms with Gasteiger partial charge in [-0.05, 0) is 45.4 Å². The van der Waals surface area contributed by atoms with Crippen molar-refractivity contribution in [3.63, 3.8) is 0 Å². The van der Waals surface area contributed by atoms with Crippen LogP contribution in [0.15, 0.2) is 24.5 Å². The van der Waals surface area contributed by atoms with Crippen molar-refractivity contribution < 1.29 is 0 Å². The molecule has 24 heavy (non-hydrogen) atoms. The van der Waals surface area contributed by atoms with Crippen LogP contribution < -0.4 is 21.9 Å². The zero-order valence-electron chi connectivity index (χ0n) is 14.1. The monoisotopic (exact) mass is 343 g/mol. The number of nitrogens with zero attached hydrogens (tertiary/aromatic N) is 3. The van der Waals surface area contributed by atoms with Gasteiger partial charge in [0.15, 0.2) is 16.8 Å². The van der Waals surface area contributed by atoms with Gasteiger partial charge in [-0.25, -0.2) is 20.4 Å². The van der Waals surface area contributed by atoms with E-state index in [2.05, 4.69) is 44.1 Å². The lowest BCUT2D eigenvalue weighted by Crippen LogP contribution is -2.40. The van der Waals surface area contributed by atoms with E-state index in [0.717, 1.165) is 15.3 Å². The van der Waals surface area contributed by atoms with E-state index < -0.39 is 0 Å². The van der Waals surface area contributed by atoms with Crippen LogP contribution in [0.4, 0.5) is 22.5 Å². The summed E-state index contributed by atoms with van der Waals surface area (Å²) in [4.78, 5) is 12.9. The Hall–Kier alpha value is -2.45. The van der Waals surface area contributed by atoms with Crippen molar-refractivity contribution in [1.82, 2.24) is 20.4 Å². The van der Waals surface area contributed by atoms with E-state index in [9.17, 15) is 0 Å². The van der Waals surface area contributed by atoms with Crippen LogP contribution in [0, 0.1) is 6.92 Å². The maximum atomic E-state index is 6.17. The lowest BCUT2D eigenvalue weighted by Gasteiger charge is -2.22. The summed E-state index contributed by atoms with van der Waals surface area (Å²) >= 11 is 1.56. The van der Waals surface area contributed by atoms with Crippen LogP contribution in [0.2, 0.25) is 0 Å². The highest BCUT2D eigenvalue weighted by Crippen LogP contribution is 2.31. The molecule has 0 aliphatic rings. The van der Waals surface area contributed by atoms with Crippen LogP contribution in [0.3, 0.4) is 0 Å². The van der Waals surface area contributed by atoms with Gasteiger partial charge in [-0.3, -0.25) is 0 Å². The van der Waals surface area contributed by atoms with E-state index in [1.807, 2.05) is 32.9 Å². The van der Waals surface area contributed by atoms with Crippen LogP contribution in [0.5, 0.6) is 0 Å². The summed E-state index contributed by atoms with van der Waals surface area (Å²) in [5.74, 6) is 1.05. The minimum absolute atomic E-state index is 0.115. The van der Waals surface area contributed by atoms with Crippen LogP contribution in [-0.2, 0) is 0 Å². The summed E-state index contributed by atoms with van der Waals surface area (Å²) in [7, 11) is 0. The number of hydrogen-bond donors (Lipinski definition) is 4. The highest BCUT2D eigenvalue weighted by Gasteiger charge is 2.13. The van der Waals surface area contributed by atoms with Gasteiger partial charge in [0.2, 0.25) is 0 Å². The zero-order valence-corrected chi connectivity index (χ0v) is 15.0. The van der Waals surface area contributed by atoms with Crippen LogP contribution >= 0.6 is 11.3 Å². The molecule has 0 saturated carbocycles. The molecule has 2 heterocycles. The molecule has 7 nitrogen and oxygen atoms in total. The summed E-state index contributed by atoms with van der Waals surface area (Å²) in [6, 6.07) is 6.17. The average molecular weight is 343 g/mol. The number of nitrogens with one attached hydrogen (secondary N) is 3. The number of benzene rings is 1. The topological polar surface area (TPSA) is 101 Å². The first kappa shape index (κ1) is 16.4. The Kier molecular flexibility index (Phi) is 4.25. The molecule has 0 unspecified atom stereocenters. The molecular formula is C16H21N7S. The third kappa shape index (κ3) is 3.72. The molecule has 0 aliphatic heterocycles. The van der Waals surface area contributed by atoms with E-state index in [-0.39, 0.29) is 5.54 Å². The molecule has 0 atom stereocenters. The molecule has 0 aliphatic carbocycles. The number of rotatable bonds is 4. The summed E-state index contributed by atoms with van der Waals surface area (Å²) in [5, 5.41) is 3.93. The Morgan fingerprint density at radius 1 is 1.12 bits per heavy atom. The number of anilines is 4. The number of hydrazine groups is 1. The molecule has 8 heteroatoms. The second-order valence-corrected chi connectivity index (χ2v) is 7.63. The maximum Gasteiger partial charge on any atom is 0.189 e. The van der Waals surface area contributed by atoms with Crippen molar-refractivity contribution >= 4 is 44.0 Å². The lowest BCUT2D eigenvalue weighted by molar-refractivity contribution is 0.464. The number of hydrogen-bond acceptors (Lipinski definition) is 8. The molecule has 2 aromatic heterocycles. The van der Waals surface area contributed by atoms with E-state index in [4.69, 9.17) is 5.73 Å². The molecular weight excluding hydrogens is 322 g/mol. The normalized spacial score (nSPS) is 11.7. The standard InChI is InChI=1S/C16H21N7S/c1-9-5-6-10-11(7-9)24-15(20-10)21-13-12(17)14(19-8-18-13)22-23-16(2,3)4/h5-8,23H,17H2,1-4H3,(H2,18,19,20,21,22). The molecule has 0 radical (unpaired) electrons. The van der Waals surface area contributed by atoms with Gasteiger partial charge >= 0.3 is 0 Å². The summed E-state index contributed by atoms with van der Waals surface area (Å²) in [5.41, 5.74) is 14.8. The van der Waals surface area contributed by atoms with Crippen molar-refractivity contribution in [3.05, 3.63) is 30.1 Å². The third-order valence-electron chi connectivity index (χ3n) is 3.21. The summed E-state index contributed by atoms with van der Waals surface area (Å²) in [6.07, 6.45) is 1.46. The smallest absolute Gasteiger partial charge is 0.189 e. The van der Waals surface area contributed by atoms with Crippen molar-refractivity contribution in [2.75, 3.05) is 16.5 Å². The van der Waals surface area contributed by atoms with Crippen molar-refractivity contribution in [3.8, 4) is 0 Å². The fraction of sp³-hybridized carbons (Fsp3) is 0.312. The average Bonchev–Trinajstić information content (AvgIpc) is 2.88. The van der Waals surface area contributed by atoms with E-state index >= 15 is 0 Å². The van der Waals surface area contributed by atoms with Crippen molar-refractivity contribution in [1.29, 1.82) is 0 Å². The van der Waals surface area contributed by atoms with Gasteiger partial charge in [-0.15, -0.1) is 0 Å². The van der Waals surface area contributed by atoms with Crippen molar-refractivity contribution in [2.24, 2.45) is 0 Å². The molecule has 0 fully saturated rings. The Bertz CT molecular complexity index is 866. The second-order valence-electron chi connectivity index (χ2n) is 6.60. The molecule has 0 amide bonds. The Balaban J connectivity index is 1.83. The third-order valence-corrected chi connectivity index (χ3v) is 4.14. The van der Waals surface area contributed by atoms with Gasteiger partial charge in [0, 0.05) is 5.54 Å². The number of nitrogen functional groups attached to an aromatic ring is 1. The van der Waals surface area contributed by atoms with Crippen molar-refractivity contribution in [2.45, 2.75) is 33.2 Å². The minimum atomic E-state index is -0.115. The molecule has 1 aromatic carbocycles. The number of aromatic nitrogens is 3. The predicted molar refractivity (Wildman–Crippen MR) is 101 cm³/mol. The SMILES string of the molecule is Cc1ccc2nc(Nc3ncnc(NNC(C)(C)C)c3N)sc2c1. The van der Waals surface area contributed by atoms with E-state index in [0.29, 0.717) is 17.3 Å². The quantitative estimate of drug-likeness (QED) is 0.538. The Morgan fingerprint density at radius 2 is 1.88 bits per heavy atom. The Morgan fingerprint density at radius 3 is 2.62 bits per heavy atom. The first-order valence-corrected chi connectivity index (χ1v) is 8.41. The molecule has 5 N–H and O–H groups in total. The zero-order chi connectivity index (χ0) is 17.3. The highest BCUT2D eigenvalue weighted by atomic mass is 32.1. The van der Waals surface area contributed by atoms with Gasteiger partial charge < -0.3 is 16.5 Å². The van der Waals surface area contributed by atoms with Gasteiger partial charge in [0.25, 0.3) is 0 Å². The molecule has 0 spiro atoms. The number of fused-ring (bicyclic) bond motifs is 1. The second kappa shape index (κ2) is 6.21. The first-order valence-electron chi connectivity index (χ1n) is 7.60. The van der Waals surface area contributed by atoms with Crippen LogP contribution in [0.25, 0.3) is 10.2 Å². The van der Waals surface area contributed by atoms with E-state index in [1.165, 1.54) is 11.9 Å². The first-order chi connectivity index (χ1) is 11.3. The molecule has 3 aromatic rings. The van der Waals surface area contributed by atoms with Gasteiger partial charge in [0.1, 0.15) is 12.0 Å². The fourth-order valence-electron chi connectivity index (χ4n) is 2.03. The van der Waals surface area contributed by atoms with Gasteiger partial charge in [-0.1, -0.05) is 17.4 Å². The summed E-state index contributed by atoms with van der Waals surface area (Å²) in [6.45, 7) is 8.19. The van der Waals surface area contributed by atoms with Crippen LogP contribution in [0.1, 0.15) is 26.3 Å². The minimum Gasteiger partial charge on any atom is -0.393 e. The predicted octanol–water partition coefficient (Wildman–Crippen LogP) is 3.44. The molecule has 0 bridgehead atoms. The lowest BCUT2D eigenvalue weighted by atomic mass is 10.1. The number of aryl methyl sites for hydroxylation is 1. The number of thiazole rings is 1. The van der Waals surface area contributed by atoms with E-state index in [1.54, 1.807) is 11.3 Å². The molecule has 126 valence electrons.